The third-order valence-corrected chi connectivity index (χ3v) is 1.58. The van der Waals surface area contributed by atoms with Gasteiger partial charge in [-0.1, -0.05) is 0 Å². The molecule has 0 bridgehead atoms. The first-order chi connectivity index (χ1) is 6.20. The molecule has 0 aliphatic carbocycles. The van der Waals surface area contributed by atoms with Gasteiger partial charge in [0.15, 0.2) is 0 Å². The molecule has 1 rings (SSSR count). The van der Waals surface area contributed by atoms with Crippen molar-refractivity contribution in [1.82, 2.24) is 4.98 Å². The SMILES string of the molecule is COC(=O)c1cncc(C=N)c1N. The predicted molar refractivity (Wildman–Crippen MR) is 47.9 cm³/mol. The van der Waals surface area contributed by atoms with Crippen LogP contribution in [-0.4, -0.2) is 24.3 Å². The highest BCUT2D eigenvalue weighted by Crippen LogP contribution is 2.14. The van der Waals surface area contributed by atoms with E-state index in [1.165, 1.54) is 19.5 Å². The summed E-state index contributed by atoms with van der Waals surface area (Å²) in [7, 11) is 1.26. The summed E-state index contributed by atoms with van der Waals surface area (Å²) in [5.41, 5.74) is 6.39. The second kappa shape index (κ2) is 3.66. The molecule has 0 amide bonds. The Labute approximate surface area is 75.0 Å². The van der Waals surface area contributed by atoms with Gasteiger partial charge in [-0.2, -0.15) is 0 Å². The Hall–Kier alpha value is -1.91. The van der Waals surface area contributed by atoms with E-state index >= 15 is 0 Å². The van der Waals surface area contributed by atoms with E-state index < -0.39 is 5.97 Å². The lowest BCUT2D eigenvalue weighted by Gasteiger charge is -2.04. The lowest BCUT2D eigenvalue weighted by atomic mass is 10.1. The molecule has 13 heavy (non-hydrogen) atoms. The average Bonchev–Trinajstić information content (AvgIpc) is 2.17. The Balaban J connectivity index is 3.23. The van der Waals surface area contributed by atoms with Gasteiger partial charge in [-0.25, -0.2) is 4.79 Å². The van der Waals surface area contributed by atoms with Crippen LogP contribution in [0.15, 0.2) is 12.4 Å². The van der Waals surface area contributed by atoms with Gasteiger partial charge in [0, 0.05) is 24.2 Å². The molecular formula is C8H9N3O2. The standard InChI is InChI=1S/C8H9N3O2/c1-13-8(12)6-4-11-3-5(2-9)7(6)10/h2-4,9H,1H3,(H2,10,11). The van der Waals surface area contributed by atoms with Crippen LogP contribution in [0.1, 0.15) is 15.9 Å². The number of carbonyl (C=O) groups is 1. The topological polar surface area (TPSA) is 89.1 Å². The number of carbonyl (C=O) groups excluding carboxylic acids is 1. The second-order valence-electron chi connectivity index (χ2n) is 2.33. The van der Waals surface area contributed by atoms with Crippen molar-refractivity contribution in [3.63, 3.8) is 0 Å². The van der Waals surface area contributed by atoms with Gasteiger partial charge in [-0.3, -0.25) is 4.98 Å². The number of rotatable bonds is 2. The van der Waals surface area contributed by atoms with Crippen LogP contribution in [0.2, 0.25) is 0 Å². The lowest BCUT2D eigenvalue weighted by molar-refractivity contribution is 0.0601. The highest BCUT2D eigenvalue weighted by atomic mass is 16.5. The van der Waals surface area contributed by atoms with Crippen molar-refractivity contribution in [2.45, 2.75) is 0 Å². The molecule has 0 aromatic carbocycles. The number of pyridine rings is 1. The van der Waals surface area contributed by atoms with Gasteiger partial charge in [-0.15, -0.1) is 0 Å². The highest BCUT2D eigenvalue weighted by molar-refractivity contribution is 5.99. The summed E-state index contributed by atoms with van der Waals surface area (Å²) in [5, 5.41) is 6.98. The monoisotopic (exact) mass is 179 g/mol. The number of nitrogens with two attached hydrogens (primary N) is 1. The Morgan fingerprint density at radius 1 is 1.69 bits per heavy atom. The third-order valence-electron chi connectivity index (χ3n) is 1.58. The number of anilines is 1. The van der Waals surface area contributed by atoms with Crippen LogP contribution < -0.4 is 5.73 Å². The summed E-state index contributed by atoms with van der Waals surface area (Å²) in [5.74, 6) is -0.548. The van der Waals surface area contributed by atoms with Crippen LogP contribution in [0.3, 0.4) is 0 Å². The average molecular weight is 179 g/mol. The zero-order valence-electron chi connectivity index (χ0n) is 7.07. The summed E-state index contributed by atoms with van der Waals surface area (Å²) in [6, 6.07) is 0. The Bertz CT molecular complexity index is 349. The van der Waals surface area contributed by atoms with Crippen LogP contribution in [0.4, 0.5) is 5.69 Å². The molecule has 0 unspecified atom stereocenters. The molecule has 0 atom stereocenters. The fraction of sp³-hybridized carbons (Fsp3) is 0.125. The number of nitrogens with zero attached hydrogens (tertiary/aromatic N) is 1. The van der Waals surface area contributed by atoms with E-state index in [0.29, 0.717) is 5.56 Å². The molecule has 0 fully saturated rings. The van der Waals surface area contributed by atoms with Gasteiger partial charge in [0.25, 0.3) is 0 Å². The number of aromatic nitrogens is 1. The van der Waals surface area contributed by atoms with Crippen molar-refractivity contribution in [2.75, 3.05) is 12.8 Å². The van der Waals surface area contributed by atoms with Crippen molar-refractivity contribution in [2.24, 2.45) is 0 Å². The molecule has 5 heteroatoms. The molecule has 0 spiro atoms. The smallest absolute Gasteiger partial charge is 0.341 e. The fourth-order valence-electron chi connectivity index (χ4n) is 0.874. The van der Waals surface area contributed by atoms with Gasteiger partial charge >= 0.3 is 5.97 Å². The maximum absolute atomic E-state index is 11.1. The molecule has 0 saturated carbocycles. The summed E-state index contributed by atoms with van der Waals surface area (Å²) in [4.78, 5) is 14.8. The zero-order valence-corrected chi connectivity index (χ0v) is 7.07. The molecule has 3 N–H and O–H groups in total. The molecule has 1 aromatic heterocycles. The van der Waals surface area contributed by atoms with Gasteiger partial charge in [0.1, 0.15) is 5.56 Å². The fourth-order valence-corrected chi connectivity index (χ4v) is 0.874. The first-order valence-corrected chi connectivity index (χ1v) is 3.53. The van der Waals surface area contributed by atoms with Crippen LogP contribution in [-0.2, 0) is 4.74 Å². The normalized spacial score (nSPS) is 9.31. The third kappa shape index (κ3) is 1.64. The first kappa shape index (κ1) is 9.18. The van der Waals surface area contributed by atoms with Crippen molar-refractivity contribution in [3.8, 4) is 0 Å². The van der Waals surface area contributed by atoms with Crippen molar-refractivity contribution < 1.29 is 9.53 Å². The zero-order chi connectivity index (χ0) is 9.84. The van der Waals surface area contributed by atoms with E-state index in [1.807, 2.05) is 0 Å². The molecular weight excluding hydrogens is 170 g/mol. The molecule has 0 radical (unpaired) electrons. The van der Waals surface area contributed by atoms with Crippen LogP contribution in [0, 0.1) is 5.41 Å². The Kier molecular flexibility index (Phi) is 2.59. The molecule has 5 nitrogen and oxygen atoms in total. The summed E-state index contributed by atoms with van der Waals surface area (Å²) in [6.45, 7) is 0. The summed E-state index contributed by atoms with van der Waals surface area (Å²) >= 11 is 0. The minimum absolute atomic E-state index is 0.184. The Morgan fingerprint density at radius 2 is 2.38 bits per heavy atom. The maximum atomic E-state index is 11.1. The predicted octanol–water partition coefficient (Wildman–Crippen LogP) is 0.448. The van der Waals surface area contributed by atoms with Crippen LogP contribution >= 0.6 is 0 Å². The van der Waals surface area contributed by atoms with Crippen molar-refractivity contribution in [3.05, 3.63) is 23.5 Å². The molecule has 0 saturated heterocycles. The second-order valence-corrected chi connectivity index (χ2v) is 2.33. The van der Waals surface area contributed by atoms with Crippen molar-refractivity contribution in [1.29, 1.82) is 5.41 Å². The Morgan fingerprint density at radius 3 is 2.92 bits per heavy atom. The van der Waals surface area contributed by atoms with Gasteiger partial charge in [-0.05, 0) is 0 Å². The van der Waals surface area contributed by atoms with Crippen LogP contribution in [0.5, 0.6) is 0 Å². The van der Waals surface area contributed by atoms with E-state index in [1.54, 1.807) is 0 Å². The molecule has 1 heterocycles. The molecule has 0 aliphatic heterocycles. The lowest BCUT2D eigenvalue weighted by Crippen LogP contribution is -2.08. The van der Waals surface area contributed by atoms with E-state index in [4.69, 9.17) is 11.1 Å². The molecule has 68 valence electrons. The number of hydrogen-bond donors (Lipinski definition) is 2. The van der Waals surface area contributed by atoms with E-state index in [0.717, 1.165) is 6.21 Å². The minimum Gasteiger partial charge on any atom is -0.465 e. The maximum Gasteiger partial charge on any atom is 0.341 e. The number of methoxy groups -OCH3 is 1. The van der Waals surface area contributed by atoms with Crippen LogP contribution in [0.25, 0.3) is 0 Å². The largest absolute Gasteiger partial charge is 0.465 e. The molecule has 1 aromatic rings. The summed E-state index contributed by atoms with van der Waals surface area (Å²) < 4.78 is 4.48. The number of esters is 1. The van der Waals surface area contributed by atoms with E-state index in [9.17, 15) is 4.79 Å². The minimum atomic E-state index is -0.548. The quantitative estimate of drug-likeness (QED) is 0.509. The van der Waals surface area contributed by atoms with E-state index in [2.05, 4.69) is 9.72 Å². The number of ether oxygens (including phenoxy) is 1. The molecule has 0 aliphatic rings. The van der Waals surface area contributed by atoms with Gasteiger partial charge < -0.3 is 15.9 Å². The number of nitrogen functional groups attached to an aromatic ring is 1. The number of hydrogen-bond acceptors (Lipinski definition) is 5. The van der Waals surface area contributed by atoms with Gasteiger partial charge in [0.05, 0.1) is 12.8 Å². The van der Waals surface area contributed by atoms with Gasteiger partial charge in [0.2, 0.25) is 0 Å². The summed E-state index contributed by atoms with van der Waals surface area (Å²) in [6.07, 6.45) is 3.76. The van der Waals surface area contributed by atoms with Crippen molar-refractivity contribution >= 4 is 17.9 Å². The first-order valence-electron chi connectivity index (χ1n) is 3.53. The highest BCUT2D eigenvalue weighted by Gasteiger charge is 2.11. The number of nitrogens with one attached hydrogen (secondary N) is 1. The van der Waals surface area contributed by atoms with E-state index in [-0.39, 0.29) is 11.3 Å².